The number of aliphatic hydroxyl groups is 2. The lowest BCUT2D eigenvalue weighted by atomic mass is 10.2. The Hall–Kier alpha value is -0.0800. The van der Waals surface area contributed by atoms with Crippen LogP contribution in [0.3, 0.4) is 0 Å². The fourth-order valence-corrected chi connectivity index (χ4v) is 0.516. The van der Waals surface area contributed by atoms with Crippen molar-refractivity contribution in [3.8, 4) is 0 Å². The van der Waals surface area contributed by atoms with Crippen LogP contribution in [0.25, 0.3) is 0 Å². The predicted octanol–water partition coefficient (Wildman–Crippen LogP) is 2.05. The maximum Gasteiger partial charge on any atom is 0.0433 e. The van der Waals surface area contributed by atoms with E-state index >= 15 is 0 Å². The van der Waals surface area contributed by atoms with Gasteiger partial charge in [-0.25, -0.2) is 0 Å². The van der Waals surface area contributed by atoms with Gasteiger partial charge in [0.1, 0.15) is 0 Å². The molecule has 76 valence electrons. The molecule has 0 aliphatic carbocycles. The molecule has 0 unspecified atom stereocenters. The first kappa shape index (κ1) is 14.4. The van der Waals surface area contributed by atoms with Gasteiger partial charge in [-0.15, -0.1) is 0 Å². The molecule has 0 aromatic carbocycles. The highest BCUT2D eigenvalue weighted by Gasteiger charge is 1.87. The van der Waals surface area contributed by atoms with Crippen molar-refractivity contribution in [2.45, 2.75) is 40.5 Å². The molecule has 12 heavy (non-hydrogen) atoms. The standard InChI is InChI=1S/2C5H12O/c2*1-5(2)3-4-6/h2*5-6H,3-4H2,1-2H3. The molecule has 0 saturated heterocycles. The maximum absolute atomic E-state index is 8.24. The average molecular weight is 176 g/mol. The van der Waals surface area contributed by atoms with Crippen LogP contribution in [-0.2, 0) is 0 Å². The lowest BCUT2D eigenvalue weighted by Gasteiger charge is -1.95. The summed E-state index contributed by atoms with van der Waals surface area (Å²) in [6.07, 6.45) is 1.86. The maximum atomic E-state index is 8.24. The molecule has 0 heterocycles. The molecule has 0 atom stereocenters. The molecular weight excluding hydrogens is 152 g/mol. The zero-order chi connectivity index (χ0) is 9.98. The van der Waals surface area contributed by atoms with Gasteiger partial charge in [0.15, 0.2) is 0 Å². The average Bonchev–Trinajstić information content (AvgIpc) is 1.87. The summed E-state index contributed by atoms with van der Waals surface area (Å²) >= 11 is 0. The summed E-state index contributed by atoms with van der Waals surface area (Å²) in [6.45, 7) is 9.04. The first-order valence-electron chi connectivity index (χ1n) is 4.76. The van der Waals surface area contributed by atoms with Crippen molar-refractivity contribution < 1.29 is 10.2 Å². The van der Waals surface area contributed by atoms with E-state index in [0.29, 0.717) is 25.0 Å². The Bertz CT molecular complexity index is 60.2. The van der Waals surface area contributed by atoms with Gasteiger partial charge in [-0.2, -0.15) is 0 Å². The molecule has 0 rings (SSSR count). The number of hydrogen-bond acceptors (Lipinski definition) is 2. The van der Waals surface area contributed by atoms with Crippen molar-refractivity contribution in [3.63, 3.8) is 0 Å². The smallest absolute Gasteiger partial charge is 0.0433 e. The minimum Gasteiger partial charge on any atom is -0.396 e. The highest BCUT2D eigenvalue weighted by Crippen LogP contribution is 1.95. The first-order valence-corrected chi connectivity index (χ1v) is 4.76. The second-order valence-corrected chi connectivity index (χ2v) is 3.81. The van der Waals surface area contributed by atoms with Crippen molar-refractivity contribution in [2.24, 2.45) is 11.8 Å². The molecule has 2 N–H and O–H groups in total. The molecule has 0 amide bonds. The van der Waals surface area contributed by atoms with Gasteiger partial charge in [0.25, 0.3) is 0 Å². The van der Waals surface area contributed by atoms with E-state index in [0.717, 1.165) is 12.8 Å². The van der Waals surface area contributed by atoms with E-state index < -0.39 is 0 Å². The topological polar surface area (TPSA) is 40.5 Å². The Morgan fingerprint density at radius 3 is 1.00 bits per heavy atom. The zero-order valence-corrected chi connectivity index (χ0v) is 8.88. The molecule has 0 aliphatic rings. The van der Waals surface area contributed by atoms with E-state index in [1.807, 2.05) is 0 Å². The molecule has 2 nitrogen and oxygen atoms in total. The van der Waals surface area contributed by atoms with Crippen LogP contribution in [0.4, 0.5) is 0 Å². The molecule has 0 aromatic heterocycles. The summed E-state index contributed by atoms with van der Waals surface area (Å²) in [5.74, 6) is 1.30. The van der Waals surface area contributed by atoms with Crippen molar-refractivity contribution in [3.05, 3.63) is 0 Å². The summed E-state index contributed by atoms with van der Waals surface area (Å²) in [5.41, 5.74) is 0. The molecule has 2 heteroatoms. The summed E-state index contributed by atoms with van der Waals surface area (Å²) < 4.78 is 0. The van der Waals surface area contributed by atoms with Crippen LogP contribution >= 0.6 is 0 Å². The van der Waals surface area contributed by atoms with Crippen LogP contribution in [-0.4, -0.2) is 23.4 Å². The van der Waals surface area contributed by atoms with E-state index in [4.69, 9.17) is 10.2 Å². The Kier molecular flexibility index (Phi) is 13.1. The molecule has 0 spiro atoms. The van der Waals surface area contributed by atoms with Crippen LogP contribution in [0.2, 0.25) is 0 Å². The van der Waals surface area contributed by atoms with Gasteiger partial charge >= 0.3 is 0 Å². The third kappa shape index (κ3) is 22.5. The first-order chi connectivity index (χ1) is 5.54. The molecular formula is C10H24O2. The van der Waals surface area contributed by atoms with Crippen molar-refractivity contribution in [2.75, 3.05) is 13.2 Å². The normalized spacial score (nSPS) is 10.0. The summed E-state index contributed by atoms with van der Waals surface area (Å²) in [4.78, 5) is 0. The van der Waals surface area contributed by atoms with Crippen molar-refractivity contribution >= 4 is 0 Å². The quantitative estimate of drug-likeness (QED) is 0.688. The monoisotopic (exact) mass is 176 g/mol. The van der Waals surface area contributed by atoms with E-state index in [1.54, 1.807) is 0 Å². The molecule has 0 aliphatic heterocycles. The lowest BCUT2D eigenvalue weighted by molar-refractivity contribution is 0.267. The summed E-state index contributed by atoms with van der Waals surface area (Å²) in [7, 11) is 0. The van der Waals surface area contributed by atoms with Crippen molar-refractivity contribution in [1.29, 1.82) is 0 Å². The van der Waals surface area contributed by atoms with Gasteiger partial charge in [0.05, 0.1) is 0 Å². The number of hydrogen-bond donors (Lipinski definition) is 2. The van der Waals surface area contributed by atoms with Gasteiger partial charge in [0.2, 0.25) is 0 Å². The van der Waals surface area contributed by atoms with Gasteiger partial charge in [-0.3, -0.25) is 0 Å². The van der Waals surface area contributed by atoms with Crippen LogP contribution in [0, 0.1) is 11.8 Å². The van der Waals surface area contributed by atoms with Crippen LogP contribution < -0.4 is 0 Å². The molecule has 0 bridgehead atoms. The minimum absolute atomic E-state index is 0.331. The molecule has 0 saturated carbocycles. The van der Waals surface area contributed by atoms with Crippen molar-refractivity contribution in [1.82, 2.24) is 0 Å². The second kappa shape index (κ2) is 10.9. The molecule has 0 aromatic rings. The third-order valence-electron chi connectivity index (χ3n) is 1.41. The molecule has 0 fully saturated rings. The number of aliphatic hydroxyl groups excluding tert-OH is 2. The van der Waals surface area contributed by atoms with E-state index in [2.05, 4.69) is 27.7 Å². The van der Waals surface area contributed by atoms with Gasteiger partial charge < -0.3 is 10.2 Å². The Balaban J connectivity index is 0. The highest BCUT2D eigenvalue weighted by molar-refractivity contribution is 4.39. The van der Waals surface area contributed by atoms with Crippen LogP contribution in [0.1, 0.15) is 40.5 Å². The molecule has 0 radical (unpaired) electrons. The SMILES string of the molecule is CC(C)CCO.CC(C)CCO. The Labute approximate surface area is 76.6 Å². The summed E-state index contributed by atoms with van der Waals surface area (Å²) in [6, 6.07) is 0. The zero-order valence-electron chi connectivity index (χ0n) is 8.88. The van der Waals surface area contributed by atoms with Gasteiger partial charge in [-0.05, 0) is 24.7 Å². The fraction of sp³-hybridized carbons (Fsp3) is 1.00. The van der Waals surface area contributed by atoms with Crippen LogP contribution in [0.15, 0.2) is 0 Å². The Morgan fingerprint density at radius 2 is 1.00 bits per heavy atom. The fourth-order valence-electron chi connectivity index (χ4n) is 0.516. The van der Waals surface area contributed by atoms with Crippen LogP contribution in [0.5, 0.6) is 0 Å². The van der Waals surface area contributed by atoms with Gasteiger partial charge in [0, 0.05) is 13.2 Å². The van der Waals surface area contributed by atoms with Gasteiger partial charge in [-0.1, -0.05) is 27.7 Å². The highest BCUT2D eigenvalue weighted by atomic mass is 16.3. The number of rotatable bonds is 4. The van der Waals surface area contributed by atoms with E-state index in [1.165, 1.54) is 0 Å². The lowest BCUT2D eigenvalue weighted by Crippen LogP contribution is -1.89. The van der Waals surface area contributed by atoms with E-state index in [9.17, 15) is 0 Å². The summed E-state index contributed by atoms with van der Waals surface area (Å²) in [5, 5.41) is 16.5. The largest absolute Gasteiger partial charge is 0.396 e. The van der Waals surface area contributed by atoms with E-state index in [-0.39, 0.29) is 0 Å². The third-order valence-corrected chi connectivity index (χ3v) is 1.41. The Morgan fingerprint density at radius 1 is 0.750 bits per heavy atom. The minimum atomic E-state index is 0.331. The predicted molar refractivity (Wildman–Crippen MR) is 53.1 cm³/mol. The second-order valence-electron chi connectivity index (χ2n) is 3.81.